The van der Waals surface area contributed by atoms with E-state index in [0.29, 0.717) is 17.9 Å². The van der Waals surface area contributed by atoms with Crippen molar-refractivity contribution in [1.29, 1.82) is 5.26 Å². The largest absolute Gasteiger partial charge is 0.294 e. The van der Waals surface area contributed by atoms with Crippen LogP contribution in [0.4, 0.5) is 5.82 Å². The molecule has 6 heteroatoms. The van der Waals surface area contributed by atoms with Crippen molar-refractivity contribution in [3.8, 4) is 11.8 Å². The van der Waals surface area contributed by atoms with Crippen molar-refractivity contribution in [2.45, 2.75) is 11.8 Å². The summed E-state index contributed by atoms with van der Waals surface area (Å²) in [6.45, 7) is 0.396. The van der Waals surface area contributed by atoms with Crippen LogP contribution in [0.5, 0.6) is 0 Å². The molecule has 0 saturated carbocycles. The molecule has 2 aromatic rings. The second-order valence-electron chi connectivity index (χ2n) is 4.55. The fraction of sp³-hybridized carbons (Fsp3) is 0.214. The Labute approximate surface area is 121 Å². The number of hydrogen-bond donors (Lipinski definition) is 0. The lowest BCUT2D eigenvalue weighted by molar-refractivity contribution is -0.117. The summed E-state index contributed by atoms with van der Waals surface area (Å²) in [6.07, 6.45) is 1.75. The molecule has 100 valence electrons. The van der Waals surface area contributed by atoms with Gasteiger partial charge in [-0.15, -0.1) is 11.6 Å². The molecule has 0 spiro atoms. The summed E-state index contributed by atoms with van der Waals surface area (Å²) in [7, 11) is 0. The van der Waals surface area contributed by atoms with Gasteiger partial charge < -0.3 is 0 Å². The summed E-state index contributed by atoms with van der Waals surface area (Å²) >= 11 is 6.04. The number of anilines is 1. The van der Waals surface area contributed by atoms with Crippen LogP contribution in [0, 0.1) is 11.3 Å². The Hall–Kier alpha value is -2.32. The van der Waals surface area contributed by atoms with Gasteiger partial charge in [0.25, 0.3) is 0 Å². The third-order valence-electron chi connectivity index (χ3n) is 3.20. The Balaban J connectivity index is 2.12. The first-order valence-corrected chi connectivity index (χ1v) is 6.62. The number of rotatable bonds is 2. The van der Waals surface area contributed by atoms with Gasteiger partial charge in [0.1, 0.15) is 11.6 Å². The average Bonchev–Trinajstić information content (AvgIpc) is 3.02. The number of halogens is 1. The standard InChI is InChI=1S/C14H11ClN4O/c15-11-6-13(20)18(9-11)14-10(7-16)8-17-19(14)12-4-2-1-3-5-12/h1-5,8,11H,6,9H2. The monoisotopic (exact) mass is 286 g/mol. The topological polar surface area (TPSA) is 61.9 Å². The van der Waals surface area contributed by atoms with E-state index in [9.17, 15) is 10.1 Å². The zero-order valence-electron chi connectivity index (χ0n) is 10.5. The van der Waals surface area contributed by atoms with Gasteiger partial charge in [-0.2, -0.15) is 10.4 Å². The van der Waals surface area contributed by atoms with Crippen molar-refractivity contribution >= 4 is 23.3 Å². The first-order valence-electron chi connectivity index (χ1n) is 6.18. The van der Waals surface area contributed by atoms with Crippen molar-refractivity contribution in [1.82, 2.24) is 9.78 Å². The Bertz CT molecular complexity index is 689. The summed E-state index contributed by atoms with van der Waals surface area (Å²) in [6, 6.07) is 11.5. The number of amides is 1. The highest BCUT2D eigenvalue weighted by Gasteiger charge is 2.33. The van der Waals surface area contributed by atoms with E-state index in [-0.39, 0.29) is 17.7 Å². The third kappa shape index (κ3) is 2.04. The minimum atomic E-state index is -0.229. The van der Waals surface area contributed by atoms with Gasteiger partial charge in [0.05, 0.1) is 17.3 Å². The molecule has 1 aliphatic rings. The van der Waals surface area contributed by atoms with Crippen molar-refractivity contribution in [3.05, 3.63) is 42.1 Å². The summed E-state index contributed by atoms with van der Waals surface area (Å²) in [5.74, 6) is 0.408. The lowest BCUT2D eigenvalue weighted by atomic mass is 10.3. The second kappa shape index (κ2) is 4.99. The van der Waals surface area contributed by atoms with Crippen LogP contribution in [-0.2, 0) is 4.79 Å². The number of carbonyl (C=O) groups excluding carboxylic acids is 1. The highest BCUT2D eigenvalue weighted by molar-refractivity contribution is 6.24. The van der Waals surface area contributed by atoms with Crippen LogP contribution < -0.4 is 4.90 Å². The van der Waals surface area contributed by atoms with Crippen molar-refractivity contribution < 1.29 is 4.79 Å². The van der Waals surface area contributed by atoms with Crippen LogP contribution in [0.25, 0.3) is 5.69 Å². The van der Waals surface area contributed by atoms with Crippen LogP contribution in [-0.4, -0.2) is 27.6 Å². The van der Waals surface area contributed by atoms with Crippen LogP contribution in [0.2, 0.25) is 0 Å². The highest BCUT2D eigenvalue weighted by Crippen LogP contribution is 2.29. The SMILES string of the molecule is N#Cc1cnn(-c2ccccc2)c1N1CC(Cl)CC1=O. The molecule has 20 heavy (non-hydrogen) atoms. The Kier molecular flexibility index (Phi) is 3.17. The fourth-order valence-corrected chi connectivity index (χ4v) is 2.58. The number of para-hydroxylation sites is 1. The van der Waals surface area contributed by atoms with Gasteiger partial charge in [-0.3, -0.25) is 9.69 Å². The first kappa shape index (κ1) is 12.7. The van der Waals surface area contributed by atoms with Crippen LogP contribution in [0.15, 0.2) is 36.5 Å². The van der Waals surface area contributed by atoms with E-state index in [0.717, 1.165) is 5.69 Å². The summed E-state index contributed by atoms with van der Waals surface area (Å²) in [5.41, 5.74) is 1.17. The molecule has 1 unspecified atom stereocenters. The molecule has 1 saturated heterocycles. The quantitative estimate of drug-likeness (QED) is 0.794. The van der Waals surface area contributed by atoms with Crippen LogP contribution in [0.3, 0.4) is 0 Å². The molecule has 5 nitrogen and oxygen atoms in total. The normalized spacial score (nSPS) is 18.3. The predicted molar refractivity (Wildman–Crippen MR) is 74.9 cm³/mol. The molecule has 1 aromatic heterocycles. The molecule has 1 amide bonds. The van der Waals surface area contributed by atoms with Gasteiger partial charge in [-0.05, 0) is 12.1 Å². The van der Waals surface area contributed by atoms with Crippen molar-refractivity contribution in [2.75, 3.05) is 11.4 Å². The van der Waals surface area contributed by atoms with Crippen molar-refractivity contribution in [3.63, 3.8) is 0 Å². The number of nitrogens with zero attached hydrogens (tertiary/aromatic N) is 4. The molecular formula is C14H11ClN4O. The molecule has 3 rings (SSSR count). The molecule has 1 atom stereocenters. The number of alkyl halides is 1. The van der Waals surface area contributed by atoms with Gasteiger partial charge >= 0.3 is 0 Å². The Morgan fingerprint density at radius 3 is 2.70 bits per heavy atom. The Morgan fingerprint density at radius 2 is 2.10 bits per heavy atom. The van der Waals surface area contributed by atoms with Gasteiger partial charge in [0.15, 0.2) is 5.82 Å². The van der Waals surface area contributed by atoms with Gasteiger partial charge in [-0.1, -0.05) is 18.2 Å². The fourth-order valence-electron chi connectivity index (χ4n) is 2.31. The molecule has 1 aromatic carbocycles. The summed E-state index contributed by atoms with van der Waals surface area (Å²) < 4.78 is 1.60. The maximum absolute atomic E-state index is 12.0. The molecule has 0 radical (unpaired) electrons. The number of hydrogen-bond acceptors (Lipinski definition) is 3. The van der Waals surface area contributed by atoms with Crippen molar-refractivity contribution in [2.24, 2.45) is 0 Å². The first-order chi connectivity index (χ1) is 9.70. The molecule has 2 heterocycles. The maximum Gasteiger partial charge on any atom is 0.229 e. The van der Waals surface area contributed by atoms with E-state index in [1.54, 1.807) is 4.68 Å². The molecule has 1 aliphatic heterocycles. The van der Waals surface area contributed by atoms with E-state index in [4.69, 9.17) is 11.6 Å². The molecule has 1 fully saturated rings. The van der Waals surface area contributed by atoms with E-state index >= 15 is 0 Å². The lowest BCUT2D eigenvalue weighted by Crippen LogP contribution is -2.27. The third-order valence-corrected chi connectivity index (χ3v) is 3.49. The van der Waals surface area contributed by atoms with Gasteiger partial charge in [-0.25, -0.2) is 4.68 Å². The highest BCUT2D eigenvalue weighted by atomic mass is 35.5. The summed E-state index contributed by atoms with van der Waals surface area (Å²) in [4.78, 5) is 13.6. The minimum absolute atomic E-state index is 0.0841. The van der Waals surface area contributed by atoms with E-state index in [1.165, 1.54) is 11.1 Å². The Morgan fingerprint density at radius 1 is 1.35 bits per heavy atom. The van der Waals surface area contributed by atoms with Crippen LogP contribution >= 0.6 is 11.6 Å². The zero-order chi connectivity index (χ0) is 14.1. The minimum Gasteiger partial charge on any atom is -0.294 e. The number of aromatic nitrogens is 2. The van der Waals surface area contributed by atoms with Gasteiger partial charge in [0.2, 0.25) is 5.91 Å². The summed E-state index contributed by atoms with van der Waals surface area (Å²) in [5, 5.41) is 13.2. The molecule has 0 bridgehead atoms. The molecule has 0 N–H and O–H groups in total. The molecular weight excluding hydrogens is 276 g/mol. The van der Waals surface area contributed by atoms with E-state index in [2.05, 4.69) is 11.2 Å². The van der Waals surface area contributed by atoms with E-state index in [1.807, 2.05) is 30.3 Å². The smallest absolute Gasteiger partial charge is 0.229 e. The van der Waals surface area contributed by atoms with Gasteiger partial charge in [0, 0.05) is 13.0 Å². The lowest BCUT2D eigenvalue weighted by Gasteiger charge is -2.18. The van der Waals surface area contributed by atoms with Crippen LogP contribution in [0.1, 0.15) is 12.0 Å². The maximum atomic E-state index is 12.0. The van der Waals surface area contributed by atoms with E-state index < -0.39 is 0 Å². The number of carbonyl (C=O) groups is 1. The second-order valence-corrected chi connectivity index (χ2v) is 5.16. The molecule has 0 aliphatic carbocycles. The number of nitriles is 1. The predicted octanol–water partition coefficient (Wildman–Crippen LogP) is 2.09. The number of benzene rings is 1. The average molecular weight is 287 g/mol. The zero-order valence-corrected chi connectivity index (χ0v) is 11.3.